The summed E-state index contributed by atoms with van der Waals surface area (Å²) in [6.07, 6.45) is 0. The average Bonchev–Trinajstić information content (AvgIpc) is 2.75. The van der Waals surface area contributed by atoms with Gasteiger partial charge < -0.3 is 9.47 Å². The molecule has 3 aromatic rings. The number of fused-ring (bicyclic) bond motifs is 1. The molecular formula is C22H21ClN2O4. The van der Waals surface area contributed by atoms with Crippen LogP contribution < -0.4 is 20.3 Å². The molecule has 0 fully saturated rings. The van der Waals surface area contributed by atoms with Gasteiger partial charge in [-0.2, -0.15) is 0 Å². The maximum Gasteiger partial charge on any atom is 0.273 e. The van der Waals surface area contributed by atoms with E-state index in [-0.39, 0.29) is 11.5 Å². The molecule has 2 N–H and O–H groups in total. The number of amides is 2. The third-order valence-corrected chi connectivity index (χ3v) is 4.91. The van der Waals surface area contributed by atoms with Gasteiger partial charge in [0, 0.05) is 5.02 Å². The predicted octanol–water partition coefficient (Wildman–Crippen LogP) is 4.08. The number of hydrogen-bond acceptors (Lipinski definition) is 4. The average molecular weight is 413 g/mol. The van der Waals surface area contributed by atoms with E-state index in [9.17, 15) is 9.59 Å². The number of methoxy groups -OCH3 is 2. The van der Waals surface area contributed by atoms with Crippen LogP contribution in [-0.2, 0) is 4.79 Å². The molecule has 0 saturated carbocycles. The first-order chi connectivity index (χ1) is 13.9. The summed E-state index contributed by atoms with van der Waals surface area (Å²) < 4.78 is 10.4. The van der Waals surface area contributed by atoms with Crippen LogP contribution in [0.3, 0.4) is 0 Å². The van der Waals surface area contributed by atoms with Gasteiger partial charge in [-0.3, -0.25) is 20.4 Å². The molecule has 1 atom stereocenters. The summed E-state index contributed by atoms with van der Waals surface area (Å²) in [5.74, 6) is -0.198. The number of ether oxygens (including phenoxy) is 2. The molecule has 0 saturated heterocycles. The second-order valence-electron chi connectivity index (χ2n) is 6.48. The van der Waals surface area contributed by atoms with Crippen LogP contribution in [0.15, 0.2) is 54.6 Å². The lowest BCUT2D eigenvalue weighted by molar-refractivity contribution is -0.123. The molecule has 6 nitrogen and oxygen atoms in total. The molecule has 0 spiro atoms. The molecule has 29 heavy (non-hydrogen) atoms. The molecule has 0 radical (unpaired) electrons. The highest BCUT2D eigenvalue weighted by Crippen LogP contribution is 2.25. The van der Waals surface area contributed by atoms with Crippen LogP contribution in [0, 0.1) is 0 Å². The van der Waals surface area contributed by atoms with Crippen molar-refractivity contribution in [3.8, 4) is 11.5 Å². The monoisotopic (exact) mass is 412 g/mol. The van der Waals surface area contributed by atoms with Gasteiger partial charge in [0.2, 0.25) is 5.91 Å². The SMILES string of the molecule is COc1ccc2cc([C@H](C)C(=O)NNC(=O)c3ccc(Cl)cc3OC)ccc2c1. The Labute approximate surface area is 173 Å². The Morgan fingerprint density at radius 3 is 2.34 bits per heavy atom. The van der Waals surface area contributed by atoms with Gasteiger partial charge in [0.1, 0.15) is 11.5 Å². The Balaban J connectivity index is 1.69. The summed E-state index contributed by atoms with van der Waals surface area (Å²) in [5, 5.41) is 2.46. The van der Waals surface area contributed by atoms with Gasteiger partial charge in [0.05, 0.1) is 25.7 Å². The van der Waals surface area contributed by atoms with Crippen LogP contribution in [0.2, 0.25) is 5.02 Å². The highest BCUT2D eigenvalue weighted by molar-refractivity contribution is 6.30. The van der Waals surface area contributed by atoms with Crippen LogP contribution in [0.4, 0.5) is 0 Å². The maximum absolute atomic E-state index is 12.5. The van der Waals surface area contributed by atoms with E-state index in [2.05, 4.69) is 10.9 Å². The molecule has 0 heterocycles. The number of halogens is 1. The van der Waals surface area contributed by atoms with Crippen molar-refractivity contribution in [2.75, 3.05) is 14.2 Å². The molecule has 2 amide bonds. The van der Waals surface area contributed by atoms with Gasteiger partial charge in [0.15, 0.2) is 0 Å². The van der Waals surface area contributed by atoms with Crippen LogP contribution >= 0.6 is 11.6 Å². The second-order valence-corrected chi connectivity index (χ2v) is 6.92. The third kappa shape index (κ3) is 4.60. The van der Waals surface area contributed by atoms with Gasteiger partial charge in [-0.05, 0) is 53.6 Å². The van der Waals surface area contributed by atoms with Crippen LogP contribution in [0.25, 0.3) is 10.8 Å². The topological polar surface area (TPSA) is 76.7 Å². The van der Waals surface area contributed by atoms with Crippen molar-refractivity contribution in [2.24, 2.45) is 0 Å². The van der Waals surface area contributed by atoms with Crippen LogP contribution in [-0.4, -0.2) is 26.0 Å². The number of hydrogen-bond donors (Lipinski definition) is 2. The Kier molecular flexibility index (Phi) is 6.24. The zero-order chi connectivity index (χ0) is 21.0. The minimum atomic E-state index is -0.496. The number of benzene rings is 3. The molecule has 3 aromatic carbocycles. The molecule has 0 aliphatic carbocycles. The Bertz CT molecular complexity index is 1070. The first-order valence-corrected chi connectivity index (χ1v) is 9.32. The quantitative estimate of drug-likeness (QED) is 0.619. The van der Waals surface area contributed by atoms with E-state index >= 15 is 0 Å². The Morgan fingerprint density at radius 1 is 0.897 bits per heavy atom. The third-order valence-electron chi connectivity index (χ3n) is 4.67. The molecule has 3 rings (SSSR count). The first-order valence-electron chi connectivity index (χ1n) is 8.94. The molecule has 0 aromatic heterocycles. The molecule has 0 aliphatic heterocycles. The fourth-order valence-corrected chi connectivity index (χ4v) is 3.10. The smallest absolute Gasteiger partial charge is 0.273 e. The summed E-state index contributed by atoms with van der Waals surface area (Å²) >= 11 is 5.91. The number of rotatable bonds is 5. The van der Waals surface area contributed by atoms with Crippen LogP contribution in [0.5, 0.6) is 11.5 Å². The molecule has 0 aliphatic rings. The van der Waals surface area contributed by atoms with Crippen LogP contribution in [0.1, 0.15) is 28.8 Å². The lowest BCUT2D eigenvalue weighted by Crippen LogP contribution is -2.43. The normalized spacial score (nSPS) is 11.6. The Hall–Kier alpha value is -3.25. The summed E-state index contributed by atoms with van der Waals surface area (Å²) in [6.45, 7) is 1.77. The first kappa shape index (κ1) is 20.5. The Morgan fingerprint density at radius 2 is 1.62 bits per heavy atom. The van der Waals surface area contributed by atoms with Gasteiger partial charge in [-0.25, -0.2) is 0 Å². The minimum absolute atomic E-state index is 0.268. The van der Waals surface area contributed by atoms with Crippen molar-refractivity contribution in [3.63, 3.8) is 0 Å². The zero-order valence-electron chi connectivity index (χ0n) is 16.3. The lowest BCUT2D eigenvalue weighted by atomic mass is 9.97. The molecule has 150 valence electrons. The highest BCUT2D eigenvalue weighted by atomic mass is 35.5. The zero-order valence-corrected chi connectivity index (χ0v) is 17.0. The van der Waals surface area contributed by atoms with Crippen molar-refractivity contribution in [3.05, 3.63) is 70.7 Å². The van der Waals surface area contributed by atoms with Gasteiger partial charge >= 0.3 is 0 Å². The number of hydrazine groups is 1. The standard InChI is InChI=1S/C22H21ClN2O4/c1-13(14-4-5-16-11-18(28-2)8-6-15(16)10-14)21(26)24-25-22(27)19-9-7-17(23)12-20(19)29-3/h4-13H,1-3H3,(H,24,26)(H,25,27)/t13-/m0/s1. The summed E-state index contributed by atoms with van der Waals surface area (Å²) in [4.78, 5) is 24.9. The van der Waals surface area contributed by atoms with Crippen molar-refractivity contribution < 1.29 is 19.1 Å². The number of carbonyl (C=O) groups is 2. The molecule has 7 heteroatoms. The number of nitrogens with one attached hydrogen (secondary N) is 2. The van der Waals surface area contributed by atoms with E-state index in [0.717, 1.165) is 22.1 Å². The van der Waals surface area contributed by atoms with E-state index in [1.807, 2.05) is 36.4 Å². The number of carbonyl (C=O) groups excluding carboxylic acids is 2. The van der Waals surface area contributed by atoms with E-state index in [4.69, 9.17) is 21.1 Å². The second kappa shape index (κ2) is 8.84. The lowest BCUT2D eigenvalue weighted by Gasteiger charge is -2.15. The molecule has 0 bridgehead atoms. The van der Waals surface area contributed by atoms with E-state index in [0.29, 0.717) is 10.8 Å². The molecule has 0 unspecified atom stereocenters. The van der Waals surface area contributed by atoms with Crippen molar-refractivity contribution >= 4 is 34.2 Å². The highest BCUT2D eigenvalue weighted by Gasteiger charge is 2.18. The van der Waals surface area contributed by atoms with Gasteiger partial charge in [0.25, 0.3) is 5.91 Å². The van der Waals surface area contributed by atoms with Crippen molar-refractivity contribution in [1.82, 2.24) is 10.9 Å². The summed E-state index contributed by atoms with van der Waals surface area (Å²) in [6, 6.07) is 16.2. The fourth-order valence-electron chi connectivity index (χ4n) is 2.94. The van der Waals surface area contributed by atoms with Gasteiger partial charge in [-0.1, -0.05) is 35.9 Å². The summed E-state index contributed by atoms with van der Waals surface area (Å²) in [5.41, 5.74) is 5.98. The van der Waals surface area contributed by atoms with E-state index in [1.165, 1.54) is 19.2 Å². The van der Waals surface area contributed by atoms with E-state index in [1.54, 1.807) is 20.1 Å². The summed E-state index contributed by atoms with van der Waals surface area (Å²) in [7, 11) is 3.06. The largest absolute Gasteiger partial charge is 0.497 e. The van der Waals surface area contributed by atoms with E-state index < -0.39 is 11.8 Å². The van der Waals surface area contributed by atoms with Crippen molar-refractivity contribution in [2.45, 2.75) is 12.8 Å². The maximum atomic E-state index is 12.5. The van der Waals surface area contributed by atoms with Crippen molar-refractivity contribution in [1.29, 1.82) is 0 Å². The fraction of sp³-hybridized carbons (Fsp3) is 0.182. The van der Waals surface area contributed by atoms with Gasteiger partial charge in [-0.15, -0.1) is 0 Å². The minimum Gasteiger partial charge on any atom is -0.497 e. The predicted molar refractivity (Wildman–Crippen MR) is 113 cm³/mol. The molecular weight excluding hydrogens is 392 g/mol.